The van der Waals surface area contributed by atoms with E-state index < -0.39 is 0 Å². The molecular formula is C27H52O10S. The van der Waals surface area contributed by atoms with Crippen molar-refractivity contribution in [3.05, 3.63) is 0 Å². The molecule has 0 fully saturated rings. The molecule has 0 aliphatic heterocycles. The van der Waals surface area contributed by atoms with Crippen molar-refractivity contribution in [2.24, 2.45) is 5.92 Å². The van der Waals surface area contributed by atoms with Gasteiger partial charge in [0.25, 0.3) is 0 Å². The van der Waals surface area contributed by atoms with Crippen molar-refractivity contribution in [2.45, 2.75) is 71.8 Å². The first-order chi connectivity index (χ1) is 17.8. The van der Waals surface area contributed by atoms with Gasteiger partial charge in [0.05, 0.1) is 77.9 Å². The van der Waals surface area contributed by atoms with E-state index in [9.17, 15) is 9.59 Å². The van der Waals surface area contributed by atoms with Crippen LogP contribution in [0.25, 0.3) is 0 Å². The Balaban J connectivity index is -0.00000291. The number of Topliss-reactive ketones (excluding diaryl/α,β-unsaturated/α-hetero) is 2. The van der Waals surface area contributed by atoms with Gasteiger partial charge in [-0.2, -0.15) is 9.59 Å². The first-order valence-electron chi connectivity index (χ1n) is 12.9. The maximum absolute atomic E-state index is 12.0. The second kappa shape index (κ2) is 32.0. The van der Waals surface area contributed by atoms with Crippen LogP contribution in [0.2, 0.25) is 0 Å². The molecule has 10 nitrogen and oxygen atoms in total. The first kappa shape index (κ1) is 41.3. The van der Waals surface area contributed by atoms with Crippen molar-refractivity contribution >= 4 is 29.5 Å². The van der Waals surface area contributed by atoms with Crippen LogP contribution in [-0.4, -0.2) is 108 Å². The van der Waals surface area contributed by atoms with E-state index in [1.807, 2.05) is 20.8 Å². The molecule has 0 saturated carbocycles. The Labute approximate surface area is 234 Å². The Morgan fingerprint density at radius 2 is 0.921 bits per heavy atom. The molecule has 11 heteroatoms. The molecule has 1 unspecified atom stereocenters. The monoisotopic (exact) mass is 568 g/mol. The SMILES string of the molecule is C.CC(C)SC(C)C(=O)CCCOCCOCCOCCOCCOCCOCCC(=O)C(C)C.O=C=O. The summed E-state index contributed by atoms with van der Waals surface area (Å²) in [5, 5.41) is 0.533. The summed E-state index contributed by atoms with van der Waals surface area (Å²) in [5.41, 5.74) is 0. The lowest BCUT2D eigenvalue weighted by atomic mass is 10.1. The fraction of sp³-hybridized carbons (Fsp3) is 0.889. The maximum Gasteiger partial charge on any atom is 0.373 e. The van der Waals surface area contributed by atoms with Gasteiger partial charge in [-0.05, 0) is 18.6 Å². The highest BCUT2D eigenvalue weighted by Gasteiger charge is 2.14. The number of hydrogen-bond acceptors (Lipinski definition) is 11. The molecule has 226 valence electrons. The average Bonchev–Trinajstić information content (AvgIpc) is 2.84. The molecule has 0 aromatic rings. The highest BCUT2D eigenvalue weighted by atomic mass is 32.2. The van der Waals surface area contributed by atoms with Crippen LogP contribution >= 0.6 is 11.8 Å². The second-order valence-corrected chi connectivity index (χ2v) is 10.4. The predicted molar refractivity (Wildman–Crippen MR) is 148 cm³/mol. The number of rotatable bonds is 26. The molecule has 0 heterocycles. The zero-order chi connectivity index (χ0) is 28.2. The number of hydrogen-bond donors (Lipinski definition) is 0. The molecule has 0 aromatic carbocycles. The summed E-state index contributed by atoms with van der Waals surface area (Å²) in [7, 11) is 0. The fourth-order valence-electron chi connectivity index (χ4n) is 2.70. The minimum atomic E-state index is 0. The summed E-state index contributed by atoms with van der Waals surface area (Å²) in [6, 6.07) is 0. The van der Waals surface area contributed by atoms with Gasteiger partial charge in [0.15, 0.2) is 0 Å². The Bertz CT molecular complexity index is 566. The normalized spacial score (nSPS) is 11.4. The van der Waals surface area contributed by atoms with E-state index in [1.165, 1.54) is 0 Å². The number of carbonyl (C=O) groups is 2. The lowest BCUT2D eigenvalue weighted by Crippen LogP contribution is -2.16. The van der Waals surface area contributed by atoms with Gasteiger partial charge in [0.1, 0.15) is 11.6 Å². The van der Waals surface area contributed by atoms with E-state index in [4.69, 9.17) is 38.0 Å². The summed E-state index contributed by atoms with van der Waals surface area (Å²) in [5.74, 6) is 0.583. The third-order valence-electron chi connectivity index (χ3n) is 4.64. The van der Waals surface area contributed by atoms with Gasteiger partial charge in [-0.25, -0.2) is 0 Å². The highest BCUT2D eigenvalue weighted by Crippen LogP contribution is 2.18. The van der Waals surface area contributed by atoms with Crippen molar-refractivity contribution in [1.82, 2.24) is 0 Å². The minimum absolute atomic E-state index is 0. The zero-order valence-electron chi connectivity index (χ0n) is 23.3. The van der Waals surface area contributed by atoms with Crippen molar-refractivity contribution < 1.29 is 47.6 Å². The van der Waals surface area contributed by atoms with Gasteiger partial charge in [0, 0.05) is 25.4 Å². The lowest BCUT2D eigenvalue weighted by Gasteiger charge is -2.12. The molecule has 1 atom stereocenters. The topological polar surface area (TPSA) is 124 Å². The van der Waals surface area contributed by atoms with Crippen LogP contribution in [0.15, 0.2) is 0 Å². The van der Waals surface area contributed by atoms with Gasteiger partial charge in [0.2, 0.25) is 0 Å². The quantitative estimate of drug-likeness (QED) is 0.142. The maximum atomic E-state index is 12.0. The van der Waals surface area contributed by atoms with Gasteiger partial charge < -0.3 is 28.4 Å². The lowest BCUT2D eigenvalue weighted by molar-refractivity contribution is -0.191. The Hall–Kier alpha value is -1.17. The van der Waals surface area contributed by atoms with E-state index >= 15 is 0 Å². The minimum Gasteiger partial charge on any atom is -0.379 e. The molecule has 0 aromatic heterocycles. The van der Waals surface area contributed by atoms with Crippen LogP contribution < -0.4 is 0 Å². The Morgan fingerprint density at radius 1 is 0.579 bits per heavy atom. The molecule has 0 saturated heterocycles. The number of ketones is 2. The number of carbonyl (C=O) groups excluding carboxylic acids is 4. The first-order valence-corrected chi connectivity index (χ1v) is 13.9. The largest absolute Gasteiger partial charge is 0.379 e. The van der Waals surface area contributed by atoms with E-state index in [0.717, 1.165) is 6.42 Å². The highest BCUT2D eigenvalue weighted by molar-refractivity contribution is 8.01. The van der Waals surface area contributed by atoms with Crippen molar-refractivity contribution in [2.75, 3.05) is 79.3 Å². The van der Waals surface area contributed by atoms with Gasteiger partial charge in [-0.1, -0.05) is 35.1 Å². The van der Waals surface area contributed by atoms with Crippen LogP contribution in [-0.2, 0) is 47.6 Å². The van der Waals surface area contributed by atoms with Crippen LogP contribution in [0.4, 0.5) is 0 Å². The smallest absolute Gasteiger partial charge is 0.373 e. The Morgan fingerprint density at radius 3 is 1.26 bits per heavy atom. The standard InChI is InChI=1S/C25H48O8S.CO2.CH4/c1-21(2)24(26)8-10-29-12-14-31-16-18-33-20-19-32-17-15-30-13-11-28-9-6-7-25(27)23(5)34-22(3)4;2-1-3;/h21-23H,6-20H2,1-5H3;;1H4. The van der Waals surface area contributed by atoms with E-state index in [0.29, 0.717) is 103 Å². The van der Waals surface area contributed by atoms with Crippen LogP contribution in [0.5, 0.6) is 0 Å². The van der Waals surface area contributed by atoms with Crippen molar-refractivity contribution in [3.63, 3.8) is 0 Å². The van der Waals surface area contributed by atoms with Gasteiger partial charge in [-0.3, -0.25) is 9.59 Å². The zero-order valence-corrected chi connectivity index (χ0v) is 24.1. The van der Waals surface area contributed by atoms with Crippen LogP contribution in [0, 0.1) is 5.92 Å². The molecule has 0 spiro atoms. The number of ether oxygens (including phenoxy) is 6. The summed E-state index contributed by atoms with van der Waals surface area (Å²) < 4.78 is 32.6. The fourth-order valence-corrected chi connectivity index (χ4v) is 3.79. The Kier molecular flexibility index (Phi) is 34.8. The molecule has 0 N–H and O–H groups in total. The molecule has 0 amide bonds. The van der Waals surface area contributed by atoms with E-state index in [1.54, 1.807) is 11.8 Å². The number of thioether (sulfide) groups is 1. The summed E-state index contributed by atoms with van der Waals surface area (Å²) in [4.78, 5) is 39.6. The van der Waals surface area contributed by atoms with E-state index in [-0.39, 0.29) is 30.5 Å². The van der Waals surface area contributed by atoms with Crippen molar-refractivity contribution in [1.29, 1.82) is 0 Å². The molecule has 0 bridgehead atoms. The third kappa shape index (κ3) is 32.9. The molecule has 0 aliphatic rings. The molecule has 0 rings (SSSR count). The molecule has 0 aliphatic carbocycles. The average molecular weight is 569 g/mol. The van der Waals surface area contributed by atoms with Crippen LogP contribution in [0.1, 0.15) is 61.3 Å². The summed E-state index contributed by atoms with van der Waals surface area (Å²) in [6.07, 6.45) is 2.03. The molecule has 0 radical (unpaired) electrons. The molecule has 38 heavy (non-hydrogen) atoms. The molecular weight excluding hydrogens is 516 g/mol. The summed E-state index contributed by atoms with van der Waals surface area (Å²) in [6.45, 7) is 16.1. The third-order valence-corrected chi connectivity index (χ3v) is 5.85. The van der Waals surface area contributed by atoms with Gasteiger partial charge >= 0.3 is 6.15 Å². The summed E-state index contributed by atoms with van der Waals surface area (Å²) >= 11 is 1.71. The van der Waals surface area contributed by atoms with E-state index in [2.05, 4.69) is 13.8 Å². The second-order valence-electron chi connectivity index (χ2n) is 8.53. The predicted octanol–water partition coefficient (Wildman–Crippen LogP) is 3.63. The van der Waals surface area contributed by atoms with Crippen molar-refractivity contribution in [3.8, 4) is 0 Å². The van der Waals surface area contributed by atoms with Crippen LogP contribution in [0.3, 0.4) is 0 Å². The van der Waals surface area contributed by atoms with Gasteiger partial charge in [-0.15, -0.1) is 11.8 Å².